The molecule has 100 valence electrons. The summed E-state index contributed by atoms with van der Waals surface area (Å²) in [5, 5.41) is 7.77. The van der Waals surface area contributed by atoms with Gasteiger partial charge >= 0.3 is 0 Å². The largest absolute Gasteiger partial charge is 0.378 e. The van der Waals surface area contributed by atoms with E-state index in [4.69, 9.17) is 0 Å². The molecule has 0 bridgehead atoms. The molecule has 0 amide bonds. The van der Waals surface area contributed by atoms with Crippen molar-refractivity contribution in [3.8, 4) is 5.69 Å². The van der Waals surface area contributed by atoms with E-state index in [2.05, 4.69) is 53.7 Å². The second-order valence-corrected chi connectivity index (χ2v) is 4.78. The van der Waals surface area contributed by atoms with Crippen LogP contribution in [0.25, 0.3) is 5.69 Å². The highest BCUT2D eigenvalue weighted by molar-refractivity contribution is 5.52. The van der Waals surface area contributed by atoms with Crippen LogP contribution in [0.1, 0.15) is 18.5 Å². The molecule has 3 nitrogen and oxygen atoms in total. The third-order valence-electron chi connectivity index (χ3n) is 3.30. The summed E-state index contributed by atoms with van der Waals surface area (Å²) in [5.74, 6) is 0. The highest BCUT2D eigenvalue weighted by Gasteiger charge is 2.05. The van der Waals surface area contributed by atoms with Gasteiger partial charge in [-0.3, -0.25) is 0 Å². The Hall–Kier alpha value is -2.55. The topological polar surface area (TPSA) is 29.9 Å². The molecular weight excluding hydrogens is 246 g/mol. The van der Waals surface area contributed by atoms with Crippen LogP contribution in [-0.4, -0.2) is 9.78 Å². The smallest absolute Gasteiger partial charge is 0.0666 e. The Balaban J connectivity index is 1.80. The molecule has 0 saturated heterocycles. The van der Waals surface area contributed by atoms with E-state index in [0.29, 0.717) is 0 Å². The van der Waals surface area contributed by atoms with E-state index in [1.165, 1.54) is 5.56 Å². The molecule has 3 aromatic rings. The molecule has 1 atom stereocenters. The normalized spacial score (nSPS) is 12.1. The van der Waals surface area contributed by atoms with Crippen LogP contribution in [0.15, 0.2) is 73.1 Å². The SMILES string of the molecule is CC(Nc1cccc(-n2cccn2)c1)c1ccccc1. The van der Waals surface area contributed by atoms with Gasteiger partial charge in [0.2, 0.25) is 0 Å². The van der Waals surface area contributed by atoms with Crippen LogP contribution in [0, 0.1) is 0 Å². The van der Waals surface area contributed by atoms with Gasteiger partial charge in [-0.15, -0.1) is 0 Å². The van der Waals surface area contributed by atoms with E-state index < -0.39 is 0 Å². The number of aromatic nitrogens is 2. The number of hydrogen-bond donors (Lipinski definition) is 1. The fraction of sp³-hybridized carbons (Fsp3) is 0.118. The molecule has 0 aliphatic rings. The van der Waals surface area contributed by atoms with Crippen LogP contribution in [0.3, 0.4) is 0 Å². The highest BCUT2D eigenvalue weighted by Crippen LogP contribution is 2.20. The summed E-state index contributed by atoms with van der Waals surface area (Å²) >= 11 is 0. The van der Waals surface area contributed by atoms with Crippen molar-refractivity contribution in [2.75, 3.05) is 5.32 Å². The van der Waals surface area contributed by atoms with Gasteiger partial charge < -0.3 is 5.32 Å². The van der Waals surface area contributed by atoms with E-state index in [-0.39, 0.29) is 6.04 Å². The quantitative estimate of drug-likeness (QED) is 0.769. The third kappa shape index (κ3) is 2.72. The van der Waals surface area contributed by atoms with Gasteiger partial charge in [0.25, 0.3) is 0 Å². The fourth-order valence-electron chi connectivity index (χ4n) is 2.23. The Kier molecular flexibility index (Phi) is 3.50. The average Bonchev–Trinajstić information content (AvgIpc) is 3.03. The Morgan fingerprint density at radius 1 is 1.00 bits per heavy atom. The molecule has 0 spiro atoms. The van der Waals surface area contributed by atoms with Gasteiger partial charge in [0.1, 0.15) is 0 Å². The van der Waals surface area contributed by atoms with Crippen molar-refractivity contribution in [3.05, 3.63) is 78.6 Å². The Bertz CT molecular complexity index is 660. The van der Waals surface area contributed by atoms with E-state index in [0.717, 1.165) is 11.4 Å². The zero-order valence-electron chi connectivity index (χ0n) is 11.4. The van der Waals surface area contributed by atoms with Crippen molar-refractivity contribution in [1.29, 1.82) is 0 Å². The molecule has 3 rings (SSSR count). The van der Waals surface area contributed by atoms with Crippen LogP contribution in [0.2, 0.25) is 0 Å². The lowest BCUT2D eigenvalue weighted by Crippen LogP contribution is -2.06. The number of anilines is 1. The highest BCUT2D eigenvalue weighted by atomic mass is 15.3. The number of nitrogens with one attached hydrogen (secondary N) is 1. The average molecular weight is 263 g/mol. The molecule has 0 saturated carbocycles. The van der Waals surface area contributed by atoms with Crippen molar-refractivity contribution >= 4 is 5.69 Å². The standard InChI is InChI=1S/C17H17N3/c1-14(15-7-3-2-4-8-15)19-16-9-5-10-17(13-16)20-12-6-11-18-20/h2-14,19H,1H3. The van der Waals surface area contributed by atoms with Crippen molar-refractivity contribution < 1.29 is 0 Å². The first kappa shape index (κ1) is 12.5. The van der Waals surface area contributed by atoms with Crippen LogP contribution in [-0.2, 0) is 0 Å². The Labute approximate surface area is 118 Å². The first-order valence-electron chi connectivity index (χ1n) is 6.74. The van der Waals surface area contributed by atoms with E-state index in [9.17, 15) is 0 Å². The predicted molar refractivity (Wildman–Crippen MR) is 82.0 cm³/mol. The van der Waals surface area contributed by atoms with Crippen LogP contribution >= 0.6 is 0 Å². The number of hydrogen-bond acceptors (Lipinski definition) is 2. The number of benzene rings is 2. The van der Waals surface area contributed by atoms with Crippen molar-refractivity contribution in [2.24, 2.45) is 0 Å². The van der Waals surface area contributed by atoms with E-state index in [1.54, 1.807) is 6.20 Å². The van der Waals surface area contributed by atoms with Gasteiger partial charge in [0, 0.05) is 24.1 Å². The second-order valence-electron chi connectivity index (χ2n) is 4.78. The minimum atomic E-state index is 0.268. The summed E-state index contributed by atoms with van der Waals surface area (Å²) in [6.07, 6.45) is 3.73. The molecular formula is C17H17N3. The zero-order chi connectivity index (χ0) is 13.8. The van der Waals surface area contributed by atoms with Crippen LogP contribution in [0.4, 0.5) is 5.69 Å². The van der Waals surface area contributed by atoms with Gasteiger partial charge in [-0.25, -0.2) is 4.68 Å². The predicted octanol–water partition coefficient (Wildman–Crippen LogP) is 4.05. The monoisotopic (exact) mass is 263 g/mol. The summed E-state index contributed by atoms with van der Waals surface area (Å²) in [6.45, 7) is 2.16. The molecule has 0 fully saturated rings. The summed E-state index contributed by atoms with van der Waals surface area (Å²) in [5.41, 5.74) is 3.42. The lowest BCUT2D eigenvalue weighted by molar-refractivity contribution is 0.869. The fourth-order valence-corrected chi connectivity index (χ4v) is 2.23. The maximum Gasteiger partial charge on any atom is 0.0666 e. The first-order valence-corrected chi connectivity index (χ1v) is 6.74. The van der Waals surface area contributed by atoms with E-state index in [1.807, 2.05) is 35.1 Å². The lowest BCUT2D eigenvalue weighted by atomic mass is 10.1. The minimum Gasteiger partial charge on any atom is -0.378 e. The summed E-state index contributed by atoms with van der Waals surface area (Å²) in [6, 6.07) is 20.9. The first-order chi connectivity index (χ1) is 9.83. The third-order valence-corrected chi connectivity index (χ3v) is 3.30. The molecule has 0 aliphatic carbocycles. The van der Waals surface area contributed by atoms with Crippen LogP contribution < -0.4 is 5.32 Å². The molecule has 0 radical (unpaired) electrons. The van der Waals surface area contributed by atoms with Gasteiger partial charge in [-0.2, -0.15) is 5.10 Å². The number of nitrogens with zero attached hydrogens (tertiary/aromatic N) is 2. The number of rotatable bonds is 4. The van der Waals surface area contributed by atoms with Gasteiger partial charge in [0.05, 0.1) is 5.69 Å². The maximum atomic E-state index is 4.25. The molecule has 0 aliphatic heterocycles. The molecule has 1 aromatic heterocycles. The molecule has 1 unspecified atom stereocenters. The van der Waals surface area contributed by atoms with Gasteiger partial charge in [-0.05, 0) is 36.8 Å². The van der Waals surface area contributed by atoms with Crippen molar-refractivity contribution in [3.63, 3.8) is 0 Å². The molecule has 1 N–H and O–H groups in total. The summed E-state index contributed by atoms with van der Waals surface area (Å²) in [4.78, 5) is 0. The summed E-state index contributed by atoms with van der Waals surface area (Å²) < 4.78 is 1.86. The van der Waals surface area contributed by atoms with Crippen LogP contribution in [0.5, 0.6) is 0 Å². The van der Waals surface area contributed by atoms with Crippen molar-refractivity contribution in [2.45, 2.75) is 13.0 Å². The van der Waals surface area contributed by atoms with Crippen molar-refractivity contribution in [1.82, 2.24) is 9.78 Å². The molecule has 3 heteroatoms. The lowest BCUT2D eigenvalue weighted by Gasteiger charge is -2.16. The Morgan fingerprint density at radius 2 is 1.85 bits per heavy atom. The van der Waals surface area contributed by atoms with Gasteiger partial charge in [0.15, 0.2) is 0 Å². The molecule has 20 heavy (non-hydrogen) atoms. The van der Waals surface area contributed by atoms with Gasteiger partial charge in [-0.1, -0.05) is 36.4 Å². The second kappa shape index (κ2) is 5.61. The Morgan fingerprint density at radius 3 is 2.60 bits per heavy atom. The van der Waals surface area contributed by atoms with E-state index >= 15 is 0 Å². The zero-order valence-corrected chi connectivity index (χ0v) is 11.4. The molecule has 1 heterocycles. The maximum absolute atomic E-state index is 4.25. The summed E-state index contributed by atoms with van der Waals surface area (Å²) in [7, 11) is 0. The molecule has 2 aromatic carbocycles. The minimum absolute atomic E-state index is 0.268.